The van der Waals surface area contributed by atoms with Crippen LogP contribution in [0, 0.1) is 4.64 Å². The fourth-order valence-corrected chi connectivity index (χ4v) is 2.65. The first kappa shape index (κ1) is 16.0. The van der Waals surface area contributed by atoms with Gasteiger partial charge in [0.15, 0.2) is 11.5 Å². The highest BCUT2D eigenvalue weighted by Crippen LogP contribution is 2.31. The van der Waals surface area contributed by atoms with E-state index in [2.05, 4.69) is 32.8 Å². The number of hydrogen-bond acceptors (Lipinski definition) is 4. The summed E-state index contributed by atoms with van der Waals surface area (Å²) in [7, 11) is 3.23. The fourth-order valence-electron chi connectivity index (χ4n) is 2.05. The molecule has 112 valence electrons. The first-order chi connectivity index (χ1) is 10.1. The van der Waals surface area contributed by atoms with Crippen LogP contribution in [0.4, 0.5) is 0 Å². The molecule has 4 nitrogen and oxygen atoms in total. The monoisotopic (exact) mass is 368 g/mol. The lowest BCUT2D eigenvalue weighted by molar-refractivity contribution is 0.355. The average molecular weight is 369 g/mol. The van der Waals surface area contributed by atoms with E-state index in [1.165, 1.54) is 0 Å². The molecule has 1 heterocycles. The minimum atomic E-state index is 0.557. The van der Waals surface area contributed by atoms with E-state index in [1.807, 2.05) is 18.2 Å². The first-order valence-corrected chi connectivity index (χ1v) is 7.82. The second-order valence-corrected chi connectivity index (χ2v) is 5.68. The zero-order chi connectivity index (χ0) is 15.4. The van der Waals surface area contributed by atoms with Gasteiger partial charge in [-0.1, -0.05) is 25.6 Å². The van der Waals surface area contributed by atoms with Crippen LogP contribution in [0.1, 0.15) is 19.0 Å². The molecule has 0 saturated carbocycles. The predicted octanol–water partition coefficient (Wildman–Crippen LogP) is 4.54. The molecule has 0 saturated heterocycles. The number of nitrogens with one attached hydrogen (secondary N) is 1. The minimum Gasteiger partial charge on any atom is -0.493 e. The molecule has 0 atom stereocenters. The third kappa shape index (κ3) is 3.44. The quantitative estimate of drug-likeness (QED) is 0.787. The molecule has 2 aromatic rings. The Labute approximate surface area is 137 Å². The van der Waals surface area contributed by atoms with Crippen molar-refractivity contribution < 1.29 is 9.47 Å². The average Bonchev–Trinajstić information content (AvgIpc) is 2.51. The molecular weight excluding hydrogens is 352 g/mol. The molecule has 1 aromatic carbocycles. The number of aromatic nitrogens is 2. The second-order valence-electron chi connectivity index (χ2n) is 4.50. The maximum Gasteiger partial charge on any atom is 0.161 e. The Morgan fingerprint density at radius 3 is 2.57 bits per heavy atom. The zero-order valence-electron chi connectivity index (χ0n) is 12.2. The number of ether oxygens (including phenoxy) is 2. The summed E-state index contributed by atoms with van der Waals surface area (Å²) in [6.07, 6.45) is 1.94. The van der Waals surface area contributed by atoms with Gasteiger partial charge in [0.25, 0.3) is 0 Å². The number of H-pyrrole nitrogens is 1. The third-order valence-corrected chi connectivity index (χ3v) is 4.50. The zero-order valence-corrected chi connectivity index (χ0v) is 14.6. The number of aryl methyl sites for hydroxylation is 1. The molecule has 1 N–H and O–H groups in total. The molecule has 0 aliphatic rings. The number of hydrogen-bond donors (Lipinski definition) is 1. The molecule has 0 bridgehead atoms. The molecule has 1 aromatic heterocycles. The fraction of sp³-hybridized carbons (Fsp3) is 0.333. The summed E-state index contributed by atoms with van der Waals surface area (Å²) in [5, 5.41) is 0. The Morgan fingerprint density at radius 2 is 1.95 bits per heavy atom. The summed E-state index contributed by atoms with van der Waals surface area (Å²) >= 11 is 8.81. The van der Waals surface area contributed by atoms with Crippen LogP contribution in [0.25, 0.3) is 11.4 Å². The molecule has 0 unspecified atom stereocenters. The van der Waals surface area contributed by atoms with Gasteiger partial charge in [-0.2, -0.15) is 0 Å². The van der Waals surface area contributed by atoms with E-state index in [1.54, 1.807) is 14.2 Å². The maximum atomic E-state index is 5.33. The topological polar surface area (TPSA) is 47.1 Å². The second kappa shape index (κ2) is 7.04. The summed E-state index contributed by atoms with van der Waals surface area (Å²) in [6, 6.07) is 5.67. The van der Waals surface area contributed by atoms with Gasteiger partial charge in [0.1, 0.15) is 10.5 Å². The van der Waals surface area contributed by atoms with Crippen molar-refractivity contribution in [1.29, 1.82) is 0 Å². The van der Waals surface area contributed by atoms with E-state index in [-0.39, 0.29) is 0 Å². The van der Waals surface area contributed by atoms with Crippen LogP contribution >= 0.6 is 28.1 Å². The van der Waals surface area contributed by atoms with Crippen LogP contribution in [0.2, 0.25) is 0 Å². The van der Waals surface area contributed by atoms with E-state index >= 15 is 0 Å². The molecular formula is C15H17BrN2O2S. The van der Waals surface area contributed by atoms with Gasteiger partial charge in [0, 0.05) is 11.3 Å². The van der Waals surface area contributed by atoms with E-state index in [9.17, 15) is 0 Å². The lowest BCUT2D eigenvalue weighted by Gasteiger charge is -2.11. The molecule has 0 aliphatic heterocycles. The standard InChI is InChI=1S/C15H17BrN2O2S/c1-4-5-10-13(16)15(21)18-14(17-10)9-6-7-11(19-2)12(8-9)20-3/h6-8H,4-5H2,1-3H3,(H,17,18,21). The summed E-state index contributed by atoms with van der Waals surface area (Å²) in [4.78, 5) is 7.77. The molecule has 0 amide bonds. The smallest absolute Gasteiger partial charge is 0.161 e. The number of aromatic amines is 1. The van der Waals surface area contributed by atoms with Crippen molar-refractivity contribution in [3.05, 3.63) is 33.0 Å². The van der Waals surface area contributed by atoms with Crippen molar-refractivity contribution in [3.8, 4) is 22.9 Å². The Morgan fingerprint density at radius 1 is 1.24 bits per heavy atom. The highest BCUT2D eigenvalue weighted by atomic mass is 79.9. The van der Waals surface area contributed by atoms with Crippen LogP contribution in [0.3, 0.4) is 0 Å². The molecule has 21 heavy (non-hydrogen) atoms. The van der Waals surface area contributed by atoms with Crippen molar-refractivity contribution in [2.75, 3.05) is 14.2 Å². The Balaban J connectivity index is 2.54. The van der Waals surface area contributed by atoms with Gasteiger partial charge in [-0.3, -0.25) is 0 Å². The van der Waals surface area contributed by atoms with Gasteiger partial charge >= 0.3 is 0 Å². The van der Waals surface area contributed by atoms with Crippen LogP contribution in [0.15, 0.2) is 22.7 Å². The summed E-state index contributed by atoms with van der Waals surface area (Å²) in [5.74, 6) is 2.08. The third-order valence-electron chi connectivity index (χ3n) is 3.09. The Kier molecular flexibility index (Phi) is 5.36. The van der Waals surface area contributed by atoms with Crippen LogP contribution < -0.4 is 9.47 Å². The molecule has 0 aliphatic carbocycles. The Hall–Kier alpha value is -1.40. The van der Waals surface area contributed by atoms with Crippen LogP contribution in [-0.4, -0.2) is 24.2 Å². The van der Waals surface area contributed by atoms with E-state index < -0.39 is 0 Å². The molecule has 0 radical (unpaired) electrons. The van der Waals surface area contributed by atoms with Crippen LogP contribution in [0.5, 0.6) is 11.5 Å². The van der Waals surface area contributed by atoms with Crippen molar-refractivity contribution in [1.82, 2.24) is 9.97 Å². The highest BCUT2D eigenvalue weighted by molar-refractivity contribution is 9.10. The molecule has 6 heteroatoms. The van der Waals surface area contributed by atoms with Gasteiger partial charge < -0.3 is 14.5 Å². The Bertz CT molecular complexity index is 701. The largest absolute Gasteiger partial charge is 0.493 e. The SMILES string of the molecule is CCCc1[nH]c(-c2ccc(OC)c(OC)c2)nc(=S)c1Br. The lowest BCUT2D eigenvalue weighted by atomic mass is 10.1. The van der Waals surface area contributed by atoms with E-state index in [4.69, 9.17) is 21.7 Å². The number of benzene rings is 1. The van der Waals surface area contributed by atoms with Crippen molar-refractivity contribution in [2.45, 2.75) is 19.8 Å². The normalized spacial score (nSPS) is 10.5. The van der Waals surface area contributed by atoms with Gasteiger partial charge in [-0.25, -0.2) is 4.98 Å². The summed E-state index contributed by atoms with van der Waals surface area (Å²) < 4.78 is 12.0. The van der Waals surface area contributed by atoms with Gasteiger partial charge in [-0.05, 0) is 40.5 Å². The number of methoxy groups -OCH3 is 2. The molecule has 0 spiro atoms. The van der Waals surface area contributed by atoms with E-state index in [0.29, 0.717) is 16.1 Å². The van der Waals surface area contributed by atoms with Crippen molar-refractivity contribution in [3.63, 3.8) is 0 Å². The summed E-state index contributed by atoms with van der Waals surface area (Å²) in [6.45, 7) is 2.12. The van der Waals surface area contributed by atoms with Crippen LogP contribution in [-0.2, 0) is 6.42 Å². The maximum absolute atomic E-state index is 5.33. The minimum absolute atomic E-state index is 0.557. The van der Waals surface area contributed by atoms with Crippen molar-refractivity contribution >= 4 is 28.1 Å². The molecule has 0 fully saturated rings. The summed E-state index contributed by atoms with van der Waals surface area (Å²) in [5.41, 5.74) is 1.96. The van der Waals surface area contributed by atoms with Gasteiger partial charge in [-0.15, -0.1) is 0 Å². The van der Waals surface area contributed by atoms with E-state index in [0.717, 1.165) is 34.4 Å². The number of rotatable bonds is 5. The van der Waals surface area contributed by atoms with Crippen molar-refractivity contribution in [2.24, 2.45) is 0 Å². The first-order valence-electron chi connectivity index (χ1n) is 6.61. The number of nitrogens with zero attached hydrogens (tertiary/aromatic N) is 1. The van der Waals surface area contributed by atoms with Gasteiger partial charge in [0.05, 0.1) is 18.7 Å². The number of halogens is 1. The van der Waals surface area contributed by atoms with Gasteiger partial charge in [0.2, 0.25) is 0 Å². The highest BCUT2D eigenvalue weighted by Gasteiger charge is 2.10. The lowest BCUT2D eigenvalue weighted by Crippen LogP contribution is -1.99. The predicted molar refractivity (Wildman–Crippen MR) is 89.7 cm³/mol. The molecule has 2 rings (SSSR count).